The average Bonchev–Trinajstić information content (AvgIpc) is 2.29. The van der Waals surface area contributed by atoms with Gasteiger partial charge in [-0.15, -0.1) is 0 Å². The Morgan fingerprint density at radius 1 is 1.38 bits per heavy atom. The van der Waals surface area contributed by atoms with Gasteiger partial charge in [-0.1, -0.05) is 25.1 Å². The molecule has 16 heavy (non-hydrogen) atoms. The normalized spacial score (nSPS) is 11.9. The summed E-state index contributed by atoms with van der Waals surface area (Å²) >= 11 is 0. The van der Waals surface area contributed by atoms with Crippen molar-refractivity contribution in [1.82, 2.24) is 5.32 Å². The minimum absolute atomic E-state index is 0.0701. The number of hydrogen-bond donors (Lipinski definition) is 1. The van der Waals surface area contributed by atoms with Crippen LogP contribution in [0.1, 0.15) is 20.3 Å². The van der Waals surface area contributed by atoms with Gasteiger partial charge in [0, 0.05) is 18.8 Å². The van der Waals surface area contributed by atoms with Crippen LogP contribution in [0.3, 0.4) is 0 Å². The number of amides is 1. The van der Waals surface area contributed by atoms with Crippen molar-refractivity contribution in [3.05, 3.63) is 30.3 Å². The molecule has 0 heterocycles. The van der Waals surface area contributed by atoms with E-state index < -0.39 is 0 Å². The summed E-state index contributed by atoms with van der Waals surface area (Å²) in [4.78, 5) is 13.6. The van der Waals surface area contributed by atoms with E-state index in [1.807, 2.05) is 49.2 Å². The number of hydrogen-bond acceptors (Lipinski definition) is 2. The molecule has 0 saturated heterocycles. The van der Waals surface area contributed by atoms with Crippen molar-refractivity contribution in [2.45, 2.75) is 26.3 Å². The molecule has 1 N–H and O–H groups in total. The molecule has 0 spiro atoms. The van der Waals surface area contributed by atoms with E-state index >= 15 is 0 Å². The van der Waals surface area contributed by atoms with Gasteiger partial charge < -0.3 is 10.2 Å². The Kier molecular flexibility index (Phi) is 4.83. The van der Waals surface area contributed by atoms with Crippen LogP contribution in [0.4, 0.5) is 5.69 Å². The average molecular weight is 220 g/mol. The first-order valence-electron chi connectivity index (χ1n) is 5.69. The number of carbonyl (C=O) groups is 1. The van der Waals surface area contributed by atoms with Crippen LogP contribution in [0.5, 0.6) is 0 Å². The highest BCUT2D eigenvalue weighted by molar-refractivity contribution is 5.81. The Morgan fingerprint density at radius 2 is 2.00 bits per heavy atom. The lowest BCUT2D eigenvalue weighted by Gasteiger charge is -2.20. The number of anilines is 1. The molecule has 1 aromatic carbocycles. The minimum Gasteiger partial charge on any atom is -0.365 e. The van der Waals surface area contributed by atoms with Gasteiger partial charge in [-0.25, -0.2) is 0 Å². The zero-order valence-electron chi connectivity index (χ0n) is 10.2. The Hall–Kier alpha value is -1.51. The summed E-state index contributed by atoms with van der Waals surface area (Å²) in [6, 6.07) is 10.2. The Balaban J connectivity index is 2.46. The second-order valence-corrected chi connectivity index (χ2v) is 4.07. The van der Waals surface area contributed by atoms with Gasteiger partial charge in [0.2, 0.25) is 5.91 Å². The summed E-state index contributed by atoms with van der Waals surface area (Å²) in [7, 11) is 1.92. The minimum atomic E-state index is 0.0701. The van der Waals surface area contributed by atoms with Crippen LogP contribution in [-0.2, 0) is 4.79 Å². The van der Waals surface area contributed by atoms with E-state index in [1.165, 1.54) is 0 Å². The van der Waals surface area contributed by atoms with Gasteiger partial charge >= 0.3 is 0 Å². The molecular weight excluding hydrogens is 200 g/mol. The molecule has 0 saturated carbocycles. The molecule has 0 unspecified atom stereocenters. The van der Waals surface area contributed by atoms with Crippen molar-refractivity contribution in [2.75, 3.05) is 18.5 Å². The maximum Gasteiger partial charge on any atom is 0.239 e. The van der Waals surface area contributed by atoms with Gasteiger partial charge in [0.25, 0.3) is 0 Å². The van der Waals surface area contributed by atoms with Gasteiger partial charge in [0.15, 0.2) is 0 Å². The Labute approximate surface area is 97.5 Å². The van der Waals surface area contributed by atoms with Crippen molar-refractivity contribution in [3.8, 4) is 0 Å². The molecule has 1 amide bonds. The zero-order valence-corrected chi connectivity index (χ0v) is 10.2. The molecule has 1 aromatic rings. The second kappa shape index (κ2) is 6.16. The first-order valence-corrected chi connectivity index (χ1v) is 5.69. The molecule has 3 heteroatoms. The van der Waals surface area contributed by atoms with E-state index in [9.17, 15) is 4.79 Å². The van der Waals surface area contributed by atoms with E-state index in [4.69, 9.17) is 0 Å². The van der Waals surface area contributed by atoms with Crippen LogP contribution in [-0.4, -0.2) is 25.5 Å². The van der Waals surface area contributed by atoms with E-state index in [2.05, 4.69) is 12.2 Å². The fourth-order valence-corrected chi connectivity index (χ4v) is 1.41. The van der Waals surface area contributed by atoms with Crippen molar-refractivity contribution in [2.24, 2.45) is 0 Å². The van der Waals surface area contributed by atoms with Gasteiger partial charge in [0.1, 0.15) is 0 Å². The molecule has 3 nitrogen and oxygen atoms in total. The van der Waals surface area contributed by atoms with Crippen LogP contribution in [0.15, 0.2) is 30.3 Å². The standard InChI is InChI=1S/C13H20N2O/c1-4-11(2)14-13(16)10-15(3)12-8-6-5-7-9-12/h5-9,11H,4,10H2,1-3H3,(H,14,16)/t11-/m0/s1. The highest BCUT2D eigenvalue weighted by Gasteiger charge is 2.08. The summed E-state index contributed by atoms with van der Waals surface area (Å²) in [5.41, 5.74) is 1.06. The summed E-state index contributed by atoms with van der Waals surface area (Å²) in [5.74, 6) is 0.0701. The third-order valence-electron chi connectivity index (χ3n) is 2.60. The van der Waals surface area contributed by atoms with Crippen LogP contribution >= 0.6 is 0 Å². The fraction of sp³-hybridized carbons (Fsp3) is 0.462. The van der Waals surface area contributed by atoms with E-state index in [1.54, 1.807) is 0 Å². The topological polar surface area (TPSA) is 32.3 Å². The molecule has 0 aliphatic heterocycles. The van der Waals surface area contributed by atoms with Crippen molar-refractivity contribution >= 4 is 11.6 Å². The highest BCUT2D eigenvalue weighted by atomic mass is 16.2. The lowest BCUT2D eigenvalue weighted by molar-refractivity contribution is -0.120. The largest absolute Gasteiger partial charge is 0.365 e. The molecule has 0 aliphatic carbocycles. The number of nitrogens with one attached hydrogen (secondary N) is 1. The molecule has 1 atom stereocenters. The summed E-state index contributed by atoms with van der Waals surface area (Å²) < 4.78 is 0. The second-order valence-electron chi connectivity index (χ2n) is 4.07. The molecule has 0 radical (unpaired) electrons. The van der Waals surface area contributed by atoms with Crippen molar-refractivity contribution < 1.29 is 4.79 Å². The quantitative estimate of drug-likeness (QED) is 0.823. The number of benzene rings is 1. The van der Waals surface area contributed by atoms with Crippen LogP contribution in [0.2, 0.25) is 0 Å². The maximum absolute atomic E-state index is 11.6. The van der Waals surface area contributed by atoms with E-state index in [-0.39, 0.29) is 11.9 Å². The van der Waals surface area contributed by atoms with Gasteiger partial charge in [0.05, 0.1) is 6.54 Å². The lowest BCUT2D eigenvalue weighted by Crippen LogP contribution is -2.39. The van der Waals surface area contributed by atoms with Gasteiger partial charge in [-0.05, 0) is 25.5 Å². The number of rotatable bonds is 5. The van der Waals surface area contributed by atoms with Crippen LogP contribution < -0.4 is 10.2 Å². The van der Waals surface area contributed by atoms with Gasteiger partial charge in [-0.2, -0.15) is 0 Å². The lowest BCUT2D eigenvalue weighted by atomic mass is 10.2. The molecular formula is C13H20N2O. The predicted octanol–water partition coefficient (Wildman–Crippen LogP) is 2.04. The van der Waals surface area contributed by atoms with E-state index in [0.29, 0.717) is 6.54 Å². The fourth-order valence-electron chi connectivity index (χ4n) is 1.41. The van der Waals surface area contributed by atoms with E-state index in [0.717, 1.165) is 12.1 Å². The number of likely N-dealkylation sites (N-methyl/N-ethyl adjacent to an activating group) is 1. The molecule has 0 aliphatic rings. The summed E-state index contributed by atoms with van der Waals surface area (Å²) in [5, 5.41) is 2.95. The third kappa shape index (κ3) is 3.93. The number of para-hydroxylation sites is 1. The van der Waals surface area contributed by atoms with Gasteiger partial charge in [-0.3, -0.25) is 4.79 Å². The number of nitrogens with zero attached hydrogens (tertiary/aromatic N) is 1. The molecule has 0 bridgehead atoms. The maximum atomic E-state index is 11.6. The highest BCUT2D eigenvalue weighted by Crippen LogP contribution is 2.09. The first kappa shape index (κ1) is 12.6. The summed E-state index contributed by atoms with van der Waals surface area (Å²) in [6.45, 7) is 4.47. The predicted molar refractivity (Wildman–Crippen MR) is 67.6 cm³/mol. The van der Waals surface area contributed by atoms with Crippen LogP contribution in [0, 0.1) is 0 Å². The molecule has 0 aromatic heterocycles. The molecule has 88 valence electrons. The zero-order chi connectivity index (χ0) is 12.0. The number of carbonyl (C=O) groups excluding carboxylic acids is 1. The van der Waals surface area contributed by atoms with Crippen molar-refractivity contribution in [3.63, 3.8) is 0 Å². The summed E-state index contributed by atoms with van der Waals surface area (Å²) in [6.07, 6.45) is 0.959. The third-order valence-corrected chi connectivity index (χ3v) is 2.60. The first-order chi connectivity index (χ1) is 7.63. The Morgan fingerprint density at radius 3 is 2.56 bits per heavy atom. The van der Waals surface area contributed by atoms with Crippen molar-refractivity contribution in [1.29, 1.82) is 0 Å². The molecule has 1 rings (SSSR count). The molecule has 0 fully saturated rings. The smallest absolute Gasteiger partial charge is 0.239 e. The SMILES string of the molecule is CC[C@H](C)NC(=O)CN(C)c1ccccc1. The monoisotopic (exact) mass is 220 g/mol. The van der Waals surface area contributed by atoms with Crippen LogP contribution in [0.25, 0.3) is 0 Å². The Bertz CT molecular complexity index is 324.